The van der Waals surface area contributed by atoms with Crippen LogP contribution in [0.25, 0.3) is 98.8 Å². The minimum atomic E-state index is 1.17. The second kappa shape index (κ2) is 11.3. The summed E-state index contributed by atoms with van der Waals surface area (Å²) in [6.45, 7) is 0. The fraction of sp³-hybridized carbons (Fsp3) is 0. The molecule has 2 nitrogen and oxygen atoms in total. The zero-order chi connectivity index (χ0) is 34.2. The Labute approximate surface area is 301 Å². The van der Waals surface area contributed by atoms with Crippen LogP contribution in [0.2, 0.25) is 0 Å². The van der Waals surface area contributed by atoms with E-state index in [1.165, 1.54) is 98.8 Å². The molecule has 0 aliphatic rings. The molecule has 0 aliphatic heterocycles. The molecule has 2 aromatic heterocycles. The molecule has 0 bridgehead atoms. The maximum Gasteiger partial charge on any atom is 0.0547 e. The number of hydrogen-bond acceptors (Lipinski definition) is 0. The average molecular weight is 661 g/mol. The van der Waals surface area contributed by atoms with Crippen molar-refractivity contribution in [2.45, 2.75) is 0 Å². The number of fused-ring (bicyclic) bond motifs is 8. The summed E-state index contributed by atoms with van der Waals surface area (Å²) in [6, 6.07) is 71.0. The average Bonchev–Trinajstić information content (AvgIpc) is 3.72. The van der Waals surface area contributed by atoms with E-state index in [-0.39, 0.29) is 0 Å². The van der Waals surface area contributed by atoms with Crippen LogP contribution in [0.15, 0.2) is 194 Å². The Morgan fingerprint density at radius 1 is 0.250 bits per heavy atom. The van der Waals surface area contributed by atoms with Crippen LogP contribution < -0.4 is 0 Å². The first-order chi connectivity index (χ1) is 25.8. The summed E-state index contributed by atoms with van der Waals surface area (Å²) < 4.78 is 4.81. The highest BCUT2D eigenvalue weighted by molar-refractivity contribution is 6.14. The predicted molar refractivity (Wildman–Crippen MR) is 221 cm³/mol. The van der Waals surface area contributed by atoms with E-state index >= 15 is 0 Å². The molecule has 0 unspecified atom stereocenters. The van der Waals surface area contributed by atoms with E-state index in [0.717, 1.165) is 0 Å². The summed E-state index contributed by atoms with van der Waals surface area (Å²) in [7, 11) is 0. The lowest BCUT2D eigenvalue weighted by Crippen LogP contribution is -1.94. The van der Waals surface area contributed by atoms with E-state index < -0.39 is 0 Å². The van der Waals surface area contributed by atoms with Crippen LogP contribution in [0.4, 0.5) is 0 Å². The fourth-order valence-corrected chi connectivity index (χ4v) is 8.54. The Morgan fingerprint density at radius 3 is 1.54 bits per heavy atom. The minimum Gasteiger partial charge on any atom is -0.309 e. The third-order valence-electron chi connectivity index (χ3n) is 10.9. The van der Waals surface area contributed by atoms with Crippen molar-refractivity contribution in [1.82, 2.24) is 9.13 Å². The Morgan fingerprint density at radius 2 is 0.788 bits per heavy atom. The first-order valence-corrected chi connectivity index (χ1v) is 17.9. The van der Waals surface area contributed by atoms with Gasteiger partial charge in [0.15, 0.2) is 0 Å². The van der Waals surface area contributed by atoms with E-state index in [4.69, 9.17) is 0 Å². The van der Waals surface area contributed by atoms with Crippen LogP contribution >= 0.6 is 0 Å². The third-order valence-corrected chi connectivity index (χ3v) is 10.9. The zero-order valence-corrected chi connectivity index (χ0v) is 28.4. The molecular weight excluding hydrogens is 629 g/mol. The van der Waals surface area contributed by atoms with E-state index in [9.17, 15) is 0 Å². The van der Waals surface area contributed by atoms with Crippen molar-refractivity contribution in [3.8, 4) is 33.6 Å². The molecule has 11 rings (SSSR count). The van der Waals surface area contributed by atoms with E-state index in [2.05, 4.69) is 203 Å². The Hall–Kier alpha value is -6.90. The predicted octanol–water partition coefficient (Wildman–Crippen LogP) is 13.5. The Kier molecular flexibility index (Phi) is 6.28. The van der Waals surface area contributed by atoms with Crippen molar-refractivity contribution >= 4 is 65.2 Å². The van der Waals surface area contributed by atoms with Crippen molar-refractivity contribution in [2.24, 2.45) is 0 Å². The van der Waals surface area contributed by atoms with Gasteiger partial charge in [-0.25, -0.2) is 0 Å². The van der Waals surface area contributed by atoms with Crippen molar-refractivity contribution in [2.75, 3.05) is 0 Å². The number of nitrogens with zero attached hydrogens (tertiary/aromatic N) is 2. The van der Waals surface area contributed by atoms with Gasteiger partial charge in [-0.2, -0.15) is 0 Å². The molecular formula is C50H32N2. The van der Waals surface area contributed by atoms with E-state index in [1.807, 2.05) is 0 Å². The largest absolute Gasteiger partial charge is 0.309 e. The summed E-state index contributed by atoms with van der Waals surface area (Å²) in [5.41, 5.74) is 12.1. The van der Waals surface area contributed by atoms with E-state index in [0.29, 0.717) is 0 Å². The number of aromatic nitrogens is 2. The zero-order valence-electron chi connectivity index (χ0n) is 28.4. The molecule has 0 fully saturated rings. The fourth-order valence-electron chi connectivity index (χ4n) is 8.54. The molecule has 0 saturated carbocycles. The summed E-state index contributed by atoms with van der Waals surface area (Å²) in [6.07, 6.45) is 0. The van der Waals surface area contributed by atoms with Crippen LogP contribution in [0.5, 0.6) is 0 Å². The first kappa shape index (κ1) is 28.9. The molecule has 0 atom stereocenters. The van der Waals surface area contributed by atoms with E-state index in [1.54, 1.807) is 0 Å². The lowest BCUT2D eigenvalue weighted by Gasteiger charge is -2.13. The van der Waals surface area contributed by atoms with Crippen molar-refractivity contribution in [3.63, 3.8) is 0 Å². The van der Waals surface area contributed by atoms with Gasteiger partial charge in [0.1, 0.15) is 0 Å². The summed E-state index contributed by atoms with van der Waals surface area (Å²) in [5, 5.41) is 10.0. The quantitative estimate of drug-likeness (QED) is 0.178. The molecule has 2 heteroatoms. The lowest BCUT2D eigenvalue weighted by atomic mass is 9.92. The summed E-state index contributed by atoms with van der Waals surface area (Å²) in [5.74, 6) is 0. The SMILES string of the molecule is c1ccc(-n2c3ccccc3c3cc(-c4cccc5c(-c6ccc7c8ccccc8n(-c8ccc9ccccc9c8)c7c6)cccc45)ccc32)cc1. The Bertz CT molecular complexity index is 3180. The smallest absolute Gasteiger partial charge is 0.0547 e. The normalized spacial score (nSPS) is 11.8. The van der Waals surface area contributed by atoms with Crippen molar-refractivity contribution in [3.05, 3.63) is 194 Å². The number of hydrogen-bond donors (Lipinski definition) is 0. The Balaban J connectivity index is 1.09. The topological polar surface area (TPSA) is 9.86 Å². The third kappa shape index (κ3) is 4.31. The second-order valence-corrected chi connectivity index (χ2v) is 13.7. The highest BCUT2D eigenvalue weighted by atomic mass is 15.0. The van der Waals surface area contributed by atoms with Crippen LogP contribution in [0.1, 0.15) is 0 Å². The minimum absolute atomic E-state index is 1.17. The van der Waals surface area contributed by atoms with Crippen molar-refractivity contribution in [1.29, 1.82) is 0 Å². The summed E-state index contributed by atoms with van der Waals surface area (Å²) >= 11 is 0. The number of para-hydroxylation sites is 3. The molecule has 0 spiro atoms. The lowest BCUT2D eigenvalue weighted by molar-refractivity contribution is 1.18. The van der Waals surface area contributed by atoms with Gasteiger partial charge in [-0.3, -0.25) is 0 Å². The van der Waals surface area contributed by atoms with Gasteiger partial charge in [0.05, 0.1) is 22.1 Å². The molecule has 0 saturated heterocycles. The molecule has 0 aliphatic carbocycles. The monoisotopic (exact) mass is 660 g/mol. The summed E-state index contributed by atoms with van der Waals surface area (Å²) in [4.78, 5) is 0. The van der Waals surface area contributed by atoms with Gasteiger partial charge in [0, 0.05) is 32.9 Å². The molecule has 9 aromatic carbocycles. The number of rotatable bonds is 4. The van der Waals surface area contributed by atoms with Crippen LogP contribution in [0, 0.1) is 0 Å². The first-order valence-electron chi connectivity index (χ1n) is 17.9. The maximum atomic E-state index is 2.43. The highest BCUT2D eigenvalue weighted by Gasteiger charge is 2.17. The molecule has 0 radical (unpaired) electrons. The van der Waals surface area contributed by atoms with Crippen LogP contribution in [0.3, 0.4) is 0 Å². The molecule has 11 aromatic rings. The van der Waals surface area contributed by atoms with Gasteiger partial charge in [0.2, 0.25) is 0 Å². The number of benzene rings is 9. The second-order valence-electron chi connectivity index (χ2n) is 13.7. The van der Waals surface area contributed by atoms with Crippen molar-refractivity contribution < 1.29 is 0 Å². The van der Waals surface area contributed by atoms with Gasteiger partial charge in [0.25, 0.3) is 0 Å². The molecule has 242 valence electrons. The van der Waals surface area contributed by atoms with Crippen LogP contribution in [-0.4, -0.2) is 9.13 Å². The maximum absolute atomic E-state index is 2.43. The standard InChI is InChI=1S/C50H32N2/c1-2-14-37(15-3-1)51-48-23-9-7-17-44(48)46-31-35(26-29-49(46)51)39-18-10-21-42-40(19-11-20-41(39)42)36-25-28-45-43-16-6-8-22-47(43)52(50(45)32-36)38-27-24-33-12-4-5-13-34(33)30-38/h1-32H. The van der Waals surface area contributed by atoms with Gasteiger partial charge >= 0.3 is 0 Å². The van der Waals surface area contributed by atoms with Crippen LogP contribution in [-0.2, 0) is 0 Å². The van der Waals surface area contributed by atoms with Gasteiger partial charge in [-0.1, -0.05) is 140 Å². The molecule has 0 N–H and O–H groups in total. The van der Waals surface area contributed by atoms with Gasteiger partial charge in [-0.05, 0) is 98.4 Å². The molecule has 52 heavy (non-hydrogen) atoms. The highest BCUT2D eigenvalue weighted by Crippen LogP contribution is 2.41. The van der Waals surface area contributed by atoms with Gasteiger partial charge < -0.3 is 9.13 Å². The van der Waals surface area contributed by atoms with Gasteiger partial charge in [-0.15, -0.1) is 0 Å². The molecule has 0 amide bonds. The molecule has 2 heterocycles.